The Bertz CT molecular complexity index is 295. The molecule has 0 bridgehead atoms. The van der Waals surface area contributed by atoms with E-state index in [-0.39, 0.29) is 0 Å². The van der Waals surface area contributed by atoms with Crippen LogP contribution in [0.25, 0.3) is 0 Å². The van der Waals surface area contributed by atoms with Crippen molar-refractivity contribution in [2.45, 2.75) is 32.7 Å². The Morgan fingerprint density at radius 3 is 2.33 bits per heavy atom. The smallest absolute Gasteiger partial charge is 0.0453 e. The molecule has 2 unspecified atom stereocenters. The summed E-state index contributed by atoms with van der Waals surface area (Å²) < 4.78 is 1.03. The van der Waals surface area contributed by atoms with Crippen LogP contribution in [-0.2, 0) is 0 Å². The molecule has 0 aliphatic carbocycles. The average molecular weight is 271 g/mol. The predicted molar refractivity (Wildman–Crippen MR) is 68.0 cm³/mol. The number of halogens is 1. The van der Waals surface area contributed by atoms with E-state index in [2.05, 4.69) is 59.1 Å². The van der Waals surface area contributed by atoms with Gasteiger partial charge in [0.2, 0.25) is 0 Å². The molecule has 0 aromatic carbocycles. The maximum atomic E-state index is 4.48. The minimum Gasteiger partial charge on any atom is -0.317 e. The summed E-state index contributed by atoms with van der Waals surface area (Å²) in [6.45, 7) is 6.68. The molecule has 3 heteroatoms. The second-order valence-corrected chi connectivity index (χ2v) is 5.16. The van der Waals surface area contributed by atoms with Gasteiger partial charge in [0.15, 0.2) is 0 Å². The highest BCUT2D eigenvalue weighted by Crippen LogP contribution is 2.26. The molecule has 0 saturated carbocycles. The maximum Gasteiger partial charge on any atom is 0.0453 e. The number of rotatable bonds is 4. The van der Waals surface area contributed by atoms with Crippen LogP contribution in [0.15, 0.2) is 22.8 Å². The highest BCUT2D eigenvalue weighted by Gasteiger charge is 2.22. The minimum atomic E-state index is 0.443. The first kappa shape index (κ1) is 12.7. The zero-order valence-corrected chi connectivity index (χ0v) is 11.4. The lowest BCUT2D eigenvalue weighted by atomic mass is 9.86. The summed E-state index contributed by atoms with van der Waals surface area (Å²) >= 11 is 3.41. The summed E-state index contributed by atoms with van der Waals surface area (Å²) in [6.07, 6.45) is 1.87. The van der Waals surface area contributed by atoms with Crippen LogP contribution in [0.4, 0.5) is 0 Å². The lowest BCUT2D eigenvalue weighted by molar-refractivity contribution is 0.388. The van der Waals surface area contributed by atoms with Crippen LogP contribution in [0, 0.1) is 5.92 Å². The first-order chi connectivity index (χ1) is 7.06. The van der Waals surface area contributed by atoms with Gasteiger partial charge in [0.05, 0.1) is 0 Å². The van der Waals surface area contributed by atoms with Gasteiger partial charge in [-0.2, -0.15) is 0 Å². The van der Waals surface area contributed by atoms with Crippen LogP contribution >= 0.6 is 15.9 Å². The van der Waals surface area contributed by atoms with E-state index in [1.165, 1.54) is 0 Å². The van der Waals surface area contributed by atoms with Gasteiger partial charge in [-0.3, -0.25) is 4.98 Å². The molecule has 0 saturated heterocycles. The third kappa shape index (κ3) is 3.28. The Morgan fingerprint density at radius 1 is 1.27 bits per heavy atom. The summed E-state index contributed by atoms with van der Waals surface area (Å²) in [5, 5.41) is 3.31. The number of hydrogen-bond acceptors (Lipinski definition) is 2. The van der Waals surface area contributed by atoms with Gasteiger partial charge in [-0.25, -0.2) is 0 Å². The number of aromatic nitrogens is 1. The molecular formula is C12H19BrN2. The number of nitrogens with one attached hydrogen (secondary N) is 1. The molecule has 0 radical (unpaired) electrons. The highest BCUT2D eigenvalue weighted by molar-refractivity contribution is 9.10. The molecule has 15 heavy (non-hydrogen) atoms. The molecule has 0 spiro atoms. The second-order valence-electron chi connectivity index (χ2n) is 4.25. The van der Waals surface area contributed by atoms with E-state index in [0.29, 0.717) is 17.9 Å². The van der Waals surface area contributed by atoms with Crippen molar-refractivity contribution in [3.05, 3.63) is 28.5 Å². The van der Waals surface area contributed by atoms with Crippen molar-refractivity contribution >= 4 is 15.9 Å². The first-order valence-corrected chi connectivity index (χ1v) is 6.14. The van der Waals surface area contributed by atoms with Gasteiger partial charge in [0, 0.05) is 28.3 Å². The SMILES string of the molecule is CNC(C)C(c1ccc(Br)cn1)C(C)C. The fourth-order valence-electron chi connectivity index (χ4n) is 1.94. The van der Waals surface area contributed by atoms with E-state index in [9.17, 15) is 0 Å². The summed E-state index contributed by atoms with van der Waals surface area (Å²) in [6, 6.07) is 4.60. The molecule has 1 aromatic heterocycles. The zero-order chi connectivity index (χ0) is 11.4. The number of nitrogens with zero attached hydrogens (tertiary/aromatic N) is 1. The van der Waals surface area contributed by atoms with Gasteiger partial charge in [-0.15, -0.1) is 0 Å². The lowest BCUT2D eigenvalue weighted by Gasteiger charge is -2.26. The summed E-state index contributed by atoms with van der Waals surface area (Å²) in [7, 11) is 2.00. The van der Waals surface area contributed by atoms with Crippen LogP contribution in [0.5, 0.6) is 0 Å². The summed E-state index contributed by atoms with van der Waals surface area (Å²) in [5.74, 6) is 1.05. The zero-order valence-electron chi connectivity index (χ0n) is 9.79. The van der Waals surface area contributed by atoms with E-state index < -0.39 is 0 Å². The monoisotopic (exact) mass is 270 g/mol. The Kier molecular flexibility index (Phi) is 4.74. The van der Waals surface area contributed by atoms with E-state index in [4.69, 9.17) is 0 Å². The van der Waals surface area contributed by atoms with Crippen LogP contribution in [0.2, 0.25) is 0 Å². The van der Waals surface area contributed by atoms with Gasteiger partial charge < -0.3 is 5.32 Å². The average Bonchev–Trinajstić information content (AvgIpc) is 2.20. The summed E-state index contributed by atoms with van der Waals surface area (Å²) in [4.78, 5) is 4.48. The van der Waals surface area contributed by atoms with Crippen LogP contribution < -0.4 is 5.32 Å². The topological polar surface area (TPSA) is 24.9 Å². The van der Waals surface area contributed by atoms with Crippen LogP contribution in [0.1, 0.15) is 32.4 Å². The molecule has 1 heterocycles. The first-order valence-electron chi connectivity index (χ1n) is 5.35. The van der Waals surface area contributed by atoms with Gasteiger partial charge in [-0.05, 0) is 48.0 Å². The lowest BCUT2D eigenvalue weighted by Crippen LogP contribution is -2.32. The van der Waals surface area contributed by atoms with Crippen molar-refractivity contribution in [1.29, 1.82) is 0 Å². The Balaban J connectivity index is 2.94. The molecule has 0 amide bonds. The van der Waals surface area contributed by atoms with Crippen LogP contribution in [-0.4, -0.2) is 18.1 Å². The number of likely N-dealkylation sites (N-methyl/N-ethyl adjacent to an activating group) is 1. The van der Waals surface area contributed by atoms with E-state index >= 15 is 0 Å². The molecule has 0 aliphatic heterocycles. The molecule has 2 atom stereocenters. The molecule has 1 N–H and O–H groups in total. The summed E-state index contributed by atoms with van der Waals surface area (Å²) in [5.41, 5.74) is 1.16. The Hall–Kier alpha value is -0.410. The predicted octanol–water partition coefficient (Wildman–Crippen LogP) is 3.19. The van der Waals surface area contributed by atoms with E-state index in [0.717, 1.165) is 10.2 Å². The molecule has 2 nitrogen and oxygen atoms in total. The van der Waals surface area contributed by atoms with Crippen molar-refractivity contribution in [2.75, 3.05) is 7.05 Å². The quantitative estimate of drug-likeness (QED) is 0.909. The Labute approximate surface area is 101 Å². The van der Waals surface area contributed by atoms with Crippen molar-refractivity contribution in [3.8, 4) is 0 Å². The van der Waals surface area contributed by atoms with Crippen molar-refractivity contribution in [2.24, 2.45) is 5.92 Å². The van der Waals surface area contributed by atoms with Gasteiger partial charge in [0.25, 0.3) is 0 Å². The molecular weight excluding hydrogens is 252 g/mol. The molecule has 0 aliphatic rings. The van der Waals surface area contributed by atoms with Gasteiger partial charge in [-0.1, -0.05) is 13.8 Å². The van der Waals surface area contributed by atoms with Crippen molar-refractivity contribution in [1.82, 2.24) is 10.3 Å². The van der Waals surface area contributed by atoms with Crippen molar-refractivity contribution in [3.63, 3.8) is 0 Å². The number of pyridine rings is 1. The standard InChI is InChI=1S/C12H19BrN2/c1-8(2)12(9(3)14-4)11-6-5-10(13)7-15-11/h5-9,12,14H,1-4H3. The van der Waals surface area contributed by atoms with Crippen molar-refractivity contribution < 1.29 is 0 Å². The van der Waals surface area contributed by atoms with Gasteiger partial charge >= 0.3 is 0 Å². The van der Waals surface area contributed by atoms with E-state index in [1.807, 2.05) is 13.2 Å². The number of hydrogen-bond donors (Lipinski definition) is 1. The molecule has 1 rings (SSSR count). The fraction of sp³-hybridized carbons (Fsp3) is 0.583. The normalized spacial score (nSPS) is 15.3. The third-order valence-corrected chi connectivity index (χ3v) is 3.27. The van der Waals surface area contributed by atoms with E-state index in [1.54, 1.807) is 0 Å². The fourth-order valence-corrected chi connectivity index (χ4v) is 2.17. The van der Waals surface area contributed by atoms with Crippen LogP contribution in [0.3, 0.4) is 0 Å². The molecule has 0 fully saturated rings. The minimum absolute atomic E-state index is 0.443. The third-order valence-electron chi connectivity index (χ3n) is 2.80. The Morgan fingerprint density at radius 2 is 1.93 bits per heavy atom. The molecule has 84 valence electrons. The second kappa shape index (κ2) is 5.61. The van der Waals surface area contributed by atoms with Gasteiger partial charge in [0.1, 0.15) is 0 Å². The maximum absolute atomic E-state index is 4.48. The highest BCUT2D eigenvalue weighted by atomic mass is 79.9. The molecule has 1 aromatic rings. The largest absolute Gasteiger partial charge is 0.317 e.